The van der Waals surface area contributed by atoms with Crippen molar-refractivity contribution >= 4 is 42.4 Å². The Morgan fingerprint density at radius 3 is 1.40 bits per heavy atom. The molecule has 0 aliphatic rings. The van der Waals surface area contributed by atoms with Crippen molar-refractivity contribution < 1.29 is 33.9 Å². The van der Waals surface area contributed by atoms with E-state index < -0.39 is 41.2 Å². The molecule has 0 nitrogen and oxygen atoms in total. The number of hydrogen-bond acceptors (Lipinski definition) is 0. The number of halogens is 11. The van der Waals surface area contributed by atoms with Crippen molar-refractivity contribution in [3.05, 3.63) is 29.3 Å². The zero-order valence-electron chi connectivity index (χ0n) is 8.82. The topological polar surface area (TPSA) is 0 Å². The molecule has 1 aromatic carbocycles. The van der Waals surface area contributed by atoms with Crippen LogP contribution in [-0.2, 0) is 11.3 Å². The second kappa shape index (κ2) is 5.31. The molecule has 0 radical (unpaired) electrons. The van der Waals surface area contributed by atoms with Gasteiger partial charge in [-0.25, -0.2) is 0 Å². The van der Waals surface area contributed by atoms with Gasteiger partial charge in [0.1, 0.15) is 0 Å². The van der Waals surface area contributed by atoms with Crippen LogP contribution in [0.3, 0.4) is 0 Å². The molecule has 1 aromatic rings. The molecule has 0 N–H and O–H groups in total. The van der Waals surface area contributed by atoms with E-state index in [0.29, 0.717) is 0 Å². The summed E-state index contributed by atoms with van der Waals surface area (Å²) in [6.07, 6.45) is 0. The molecule has 0 amide bonds. The van der Waals surface area contributed by atoms with Crippen LogP contribution in [0.15, 0.2) is 29.2 Å². The fourth-order valence-corrected chi connectivity index (χ4v) is 1.46. The van der Waals surface area contributed by atoms with Crippen LogP contribution in [0.5, 0.6) is 0 Å². The maximum absolute atomic E-state index is 12.6. The van der Waals surface area contributed by atoms with Crippen LogP contribution in [0, 0.1) is 0 Å². The van der Waals surface area contributed by atoms with E-state index in [1.807, 2.05) is 0 Å². The number of benzene rings is 1. The normalized spacial score (nSPS) is 17.4. The SMILES string of the molecule is F[S+](c1ccc(Cl)cc1)C(F)(F)F.[F][Sb-]([F])([F])([F])([F])[F]. The molecule has 0 saturated carbocycles. The molecule has 1 atom stereocenters. The van der Waals surface area contributed by atoms with E-state index in [2.05, 4.69) is 0 Å². The Hall–Kier alpha value is -0.0218. The molecule has 0 aliphatic heterocycles. The molecule has 0 saturated heterocycles. The van der Waals surface area contributed by atoms with Crippen LogP contribution in [0.4, 0.5) is 33.9 Å². The molecular weight excluding hydrogens is 463 g/mol. The van der Waals surface area contributed by atoms with Gasteiger partial charge in [-0.2, -0.15) is 0 Å². The second-order valence-electron chi connectivity index (χ2n) is 3.11. The first kappa shape index (κ1) is 20.0. The molecule has 0 aliphatic carbocycles. The summed E-state index contributed by atoms with van der Waals surface area (Å²) in [7, 11) is 0. The predicted octanol–water partition coefficient (Wildman–Crippen LogP) is 5.86. The molecule has 0 aromatic heterocycles. The molecule has 0 heterocycles. The summed E-state index contributed by atoms with van der Waals surface area (Å²) >= 11 is -9.04. The average Bonchev–Trinajstić information content (AvgIpc) is 2.11. The van der Waals surface area contributed by atoms with Crippen LogP contribution in [0.1, 0.15) is 0 Å². The second-order valence-corrected chi connectivity index (χ2v) is 10.5. The molecular formula is C7H4ClF10SSb. The molecule has 0 fully saturated rings. The first-order valence-corrected chi connectivity index (χ1v) is 11.4. The average molecular weight is 467 g/mol. The summed E-state index contributed by atoms with van der Waals surface area (Å²) in [5, 5.41) is 0.280. The fraction of sp³-hybridized carbons (Fsp3) is 0.143. The molecule has 20 heavy (non-hydrogen) atoms. The summed E-state index contributed by atoms with van der Waals surface area (Å²) in [5.74, 6) is 0. The minimum absolute atomic E-state index is 0.280. The van der Waals surface area contributed by atoms with Gasteiger partial charge in [-0.3, -0.25) is 0 Å². The summed E-state index contributed by atoms with van der Waals surface area (Å²) in [5.41, 5.74) is -4.83. The van der Waals surface area contributed by atoms with Crippen molar-refractivity contribution in [1.82, 2.24) is 0 Å². The third kappa shape index (κ3) is 13.0. The fourth-order valence-electron chi connectivity index (χ4n) is 0.688. The predicted molar refractivity (Wildman–Crippen MR) is 56.6 cm³/mol. The van der Waals surface area contributed by atoms with Gasteiger partial charge in [0.2, 0.25) is 4.90 Å². The monoisotopic (exact) mass is 466 g/mol. The quantitative estimate of drug-likeness (QED) is 0.276. The van der Waals surface area contributed by atoms with Crippen LogP contribution >= 0.6 is 11.6 Å². The molecule has 0 bridgehead atoms. The van der Waals surface area contributed by atoms with Gasteiger partial charge in [0.25, 0.3) is 0 Å². The van der Waals surface area contributed by atoms with E-state index in [4.69, 9.17) is 11.6 Å². The standard InChI is InChI=1S/C7H4ClF4S.6FH.Sb/c8-5-1-3-6(4-2-5)13(12)7(9,10)11;;;;;;;/h1-4H;6*1H;/q+1;;;;;;;+5/p-6. The molecule has 0 spiro atoms. The molecule has 13 heteroatoms. The van der Waals surface area contributed by atoms with E-state index >= 15 is 0 Å². The molecule has 120 valence electrons. The van der Waals surface area contributed by atoms with E-state index in [1.165, 1.54) is 12.1 Å². The van der Waals surface area contributed by atoms with Crippen LogP contribution in [0.25, 0.3) is 0 Å². The molecule has 1 rings (SSSR count). The Bertz CT molecular complexity index is 437. The first-order valence-electron chi connectivity index (χ1n) is 4.15. The Morgan fingerprint density at radius 2 is 1.15 bits per heavy atom. The van der Waals surface area contributed by atoms with Gasteiger partial charge in [0.05, 0.1) is 0 Å². The van der Waals surface area contributed by atoms with E-state index in [1.54, 1.807) is 0 Å². The maximum atomic E-state index is 12.6. The number of rotatable bonds is 1. The van der Waals surface area contributed by atoms with Crippen molar-refractivity contribution in [3.63, 3.8) is 0 Å². The van der Waals surface area contributed by atoms with Crippen LogP contribution in [0.2, 0.25) is 5.02 Å². The third-order valence-corrected chi connectivity index (χ3v) is 2.57. The van der Waals surface area contributed by atoms with Gasteiger partial charge in [-0.15, -0.1) is 13.2 Å². The Balaban J connectivity index is 0.000000441. The van der Waals surface area contributed by atoms with Crippen molar-refractivity contribution in [1.29, 1.82) is 0 Å². The summed E-state index contributed by atoms with van der Waals surface area (Å²) in [4.78, 5) is -0.406. The van der Waals surface area contributed by atoms with Gasteiger partial charge in [-0.05, 0) is 24.3 Å². The van der Waals surface area contributed by atoms with Crippen LogP contribution in [-0.4, -0.2) is 25.0 Å². The number of hydrogen-bond donors (Lipinski definition) is 0. The summed E-state index contributed by atoms with van der Waals surface area (Å²) in [6.45, 7) is 0. The van der Waals surface area contributed by atoms with Crippen molar-refractivity contribution in [2.45, 2.75) is 10.4 Å². The Kier molecular flexibility index (Phi) is 5.31. The van der Waals surface area contributed by atoms with Crippen molar-refractivity contribution in [2.24, 2.45) is 0 Å². The van der Waals surface area contributed by atoms with Gasteiger partial charge in [0.15, 0.2) is 0 Å². The summed E-state index contributed by atoms with van der Waals surface area (Å²) in [6, 6.07) is 4.50. The van der Waals surface area contributed by atoms with Gasteiger partial charge >= 0.3 is 53.1 Å². The van der Waals surface area contributed by atoms with Gasteiger partial charge in [-0.1, -0.05) is 11.6 Å². The van der Waals surface area contributed by atoms with E-state index in [0.717, 1.165) is 12.1 Å². The number of alkyl halides is 3. The first-order chi connectivity index (χ1) is 8.36. The van der Waals surface area contributed by atoms with Gasteiger partial charge < -0.3 is 0 Å². The van der Waals surface area contributed by atoms with Crippen LogP contribution < -0.4 is 0 Å². The van der Waals surface area contributed by atoms with E-state index in [9.17, 15) is 33.9 Å². The van der Waals surface area contributed by atoms with Crippen molar-refractivity contribution in [2.75, 3.05) is 0 Å². The zero-order valence-corrected chi connectivity index (χ0v) is 12.9. The summed E-state index contributed by atoms with van der Waals surface area (Å²) < 4.78 is 108. The van der Waals surface area contributed by atoms with Crippen molar-refractivity contribution in [3.8, 4) is 0 Å². The van der Waals surface area contributed by atoms with Gasteiger partial charge in [0, 0.05) is 8.91 Å². The minimum atomic E-state index is -11.2. The third-order valence-electron chi connectivity index (χ3n) is 1.22. The molecule has 1 unspecified atom stereocenters. The van der Waals surface area contributed by atoms with E-state index in [-0.39, 0.29) is 5.02 Å². The Morgan fingerprint density at radius 1 is 0.850 bits per heavy atom. The zero-order chi connectivity index (χ0) is 16.5. The Labute approximate surface area is 116 Å².